The van der Waals surface area contributed by atoms with E-state index in [1.165, 1.54) is 11.8 Å². The number of hydrogen-bond donors (Lipinski definition) is 1. The van der Waals surface area contributed by atoms with Gasteiger partial charge in [0.2, 0.25) is 5.91 Å². The molecule has 1 N–H and O–H groups in total. The Hall–Kier alpha value is -1.89. The molecule has 0 atom stereocenters. The fourth-order valence-electron chi connectivity index (χ4n) is 2.12. The number of nitrogens with zero attached hydrogens (tertiary/aromatic N) is 4. The number of thioether (sulfide) groups is 1. The molecule has 23 heavy (non-hydrogen) atoms. The van der Waals surface area contributed by atoms with Crippen molar-refractivity contribution in [3.8, 4) is 11.4 Å². The topological polar surface area (TPSA) is 72.7 Å². The van der Waals surface area contributed by atoms with Crippen molar-refractivity contribution < 1.29 is 4.79 Å². The van der Waals surface area contributed by atoms with Crippen LogP contribution in [0.4, 0.5) is 0 Å². The Morgan fingerprint density at radius 1 is 1.22 bits per heavy atom. The van der Waals surface area contributed by atoms with Crippen LogP contribution in [-0.2, 0) is 11.3 Å². The maximum absolute atomic E-state index is 11.8. The number of carbonyl (C=O) groups excluding carboxylic acids is 1. The van der Waals surface area contributed by atoms with E-state index in [0.29, 0.717) is 5.75 Å². The highest BCUT2D eigenvalue weighted by Crippen LogP contribution is 2.23. The largest absolute Gasteiger partial charge is 0.355 e. The Balaban J connectivity index is 2.04. The average Bonchev–Trinajstić information content (AvgIpc) is 2.97. The molecular formula is C16H23N5OS. The van der Waals surface area contributed by atoms with Crippen molar-refractivity contribution in [1.29, 1.82) is 0 Å². The first-order valence-corrected chi connectivity index (χ1v) is 8.97. The number of rotatable bonds is 9. The van der Waals surface area contributed by atoms with E-state index in [9.17, 15) is 4.79 Å². The summed E-state index contributed by atoms with van der Waals surface area (Å²) in [7, 11) is 0. The van der Waals surface area contributed by atoms with Gasteiger partial charge in [-0.2, -0.15) is 0 Å². The lowest BCUT2D eigenvalue weighted by Crippen LogP contribution is -2.26. The molecule has 0 unspecified atom stereocenters. The Morgan fingerprint density at radius 3 is 2.70 bits per heavy atom. The van der Waals surface area contributed by atoms with Crippen molar-refractivity contribution in [2.75, 3.05) is 12.3 Å². The van der Waals surface area contributed by atoms with Gasteiger partial charge in [-0.15, -0.1) is 10.2 Å². The van der Waals surface area contributed by atoms with Crippen LogP contribution < -0.4 is 5.32 Å². The molecule has 0 saturated heterocycles. The van der Waals surface area contributed by atoms with Crippen LogP contribution >= 0.6 is 11.8 Å². The summed E-state index contributed by atoms with van der Waals surface area (Å²) in [5.74, 6) is 1.23. The average molecular weight is 333 g/mol. The molecule has 2 aromatic rings. The van der Waals surface area contributed by atoms with Gasteiger partial charge in [0.1, 0.15) is 0 Å². The Kier molecular flexibility index (Phi) is 7.06. The fourth-order valence-corrected chi connectivity index (χ4v) is 2.92. The van der Waals surface area contributed by atoms with Gasteiger partial charge in [0.05, 0.1) is 5.75 Å². The second kappa shape index (κ2) is 9.29. The standard InChI is InChI=1S/C16H23N5OS/c1-3-5-8-18-14(22)12-23-16-20-19-15(21(16)11-4-2)13-6-9-17-10-7-13/h6-7,9-10H,3-5,8,11-12H2,1-2H3,(H,18,22). The van der Waals surface area contributed by atoms with Gasteiger partial charge in [0.25, 0.3) is 0 Å². The third-order valence-corrected chi connectivity index (χ3v) is 4.25. The monoisotopic (exact) mass is 333 g/mol. The second-order valence-electron chi connectivity index (χ2n) is 5.19. The van der Waals surface area contributed by atoms with Crippen molar-refractivity contribution in [3.63, 3.8) is 0 Å². The summed E-state index contributed by atoms with van der Waals surface area (Å²) in [6, 6.07) is 3.84. The molecule has 1 amide bonds. The Bertz CT molecular complexity index is 614. The van der Waals surface area contributed by atoms with Crippen LogP contribution in [0.1, 0.15) is 33.1 Å². The number of amides is 1. The van der Waals surface area contributed by atoms with Crippen molar-refractivity contribution in [1.82, 2.24) is 25.1 Å². The molecule has 0 radical (unpaired) electrons. The predicted molar refractivity (Wildman–Crippen MR) is 92.2 cm³/mol. The fraction of sp³-hybridized carbons (Fsp3) is 0.500. The third-order valence-electron chi connectivity index (χ3n) is 3.29. The molecule has 0 bridgehead atoms. The van der Waals surface area contributed by atoms with E-state index < -0.39 is 0 Å². The summed E-state index contributed by atoms with van der Waals surface area (Å²) < 4.78 is 2.07. The van der Waals surface area contributed by atoms with Crippen LogP contribution in [0.5, 0.6) is 0 Å². The molecule has 2 rings (SSSR count). The molecule has 7 heteroatoms. The first kappa shape index (κ1) is 17.5. The van der Waals surface area contributed by atoms with Crippen LogP contribution in [-0.4, -0.2) is 38.0 Å². The van der Waals surface area contributed by atoms with Crippen molar-refractivity contribution in [2.24, 2.45) is 0 Å². The molecule has 2 heterocycles. The summed E-state index contributed by atoms with van der Waals surface area (Å²) in [4.78, 5) is 15.9. The number of carbonyl (C=O) groups is 1. The summed E-state index contributed by atoms with van der Waals surface area (Å²) in [6.45, 7) is 5.78. The van der Waals surface area contributed by atoms with Crippen LogP contribution in [0.3, 0.4) is 0 Å². The van der Waals surface area contributed by atoms with E-state index in [1.54, 1.807) is 12.4 Å². The summed E-state index contributed by atoms with van der Waals surface area (Å²) in [5.41, 5.74) is 0.986. The minimum atomic E-state index is 0.0416. The number of pyridine rings is 1. The molecule has 124 valence electrons. The zero-order valence-electron chi connectivity index (χ0n) is 13.7. The first-order chi connectivity index (χ1) is 11.3. The highest BCUT2D eigenvalue weighted by Gasteiger charge is 2.14. The molecule has 0 aliphatic rings. The van der Waals surface area contributed by atoms with Crippen LogP contribution in [0, 0.1) is 0 Å². The van der Waals surface area contributed by atoms with Crippen molar-refractivity contribution >= 4 is 17.7 Å². The van der Waals surface area contributed by atoms with Gasteiger partial charge in [-0.1, -0.05) is 32.0 Å². The Labute approximate surface area is 141 Å². The van der Waals surface area contributed by atoms with Gasteiger partial charge >= 0.3 is 0 Å². The zero-order chi connectivity index (χ0) is 16.5. The SMILES string of the molecule is CCCCNC(=O)CSc1nnc(-c2ccncc2)n1CCC. The highest BCUT2D eigenvalue weighted by atomic mass is 32.2. The lowest BCUT2D eigenvalue weighted by atomic mass is 10.2. The molecule has 0 fully saturated rings. The Morgan fingerprint density at radius 2 is 2.00 bits per heavy atom. The lowest BCUT2D eigenvalue weighted by molar-refractivity contribution is -0.118. The van der Waals surface area contributed by atoms with Crippen LogP contribution in [0.15, 0.2) is 29.7 Å². The zero-order valence-corrected chi connectivity index (χ0v) is 14.5. The molecular weight excluding hydrogens is 310 g/mol. The third kappa shape index (κ3) is 5.06. The minimum Gasteiger partial charge on any atom is -0.355 e. The number of hydrogen-bond acceptors (Lipinski definition) is 5. The minimum absolute atomic E-state index is 0.0416. The van der Waals surface area contributed by atoms with Crippen molar-refractivity contribution in [2.45, 2.75) is 44.8 Å². The molecule has 0 spiro atoms. The summed E-state index contributed by atoms with van der Waals surface area (Å²) >= 11 is 1.43. The highest BCUT2D eigenvalue weighted by molar-refractivity contribution is 7.99. The summed E-state index contributed by atoms with van der Waals surface area (Å²) in [5, 5.41) is 12.2. The molecule has 6 nitrogen and oxygen atoms in total. The van der Waals surface area contributed by atoms with Crippen LogP contribution in [0.2, 0.25) is 0 Å². The molecule has 0 aliphatic carbocycles. The van der Waals surface area contributed by atoms with Crippen LogP contribution in [0.25, 0.3) is 11.4 Å². The molecule has 0 aromatic carbocycles. The van der Waals surface area contributed by atoms with Gasteiger partial charge < -0.3 is 9.88 Å². The maximum atomic E-state index is 11.8. The van der Waals surface area contributed by atoms with E-state index in [4.69, 9.17) is 0 Å². The molecule has 2 aromatic heterocycles. The number of unbranched alkanes of at least 4 members (excludes halogenated alkanes) is 1. The van der Waals surface area contributed by atoms with E-state index in [-0.39, 0.29) is 5.91 Å². The second-order valence-corrected chi connectivity index (χ2v) is 6.13. The normalized spacial score (nSPS) is 10.7. The van der Waals surface area contributed by atoms with Gasteiger partial charge in [-0.05, 0) is 25.0 Å². The molecule has 0 aliphatic heterocycles. The van der Waals surface area contributed by atoms with Crippen molar-refractivity contribution in [3.05, 3.63) is 24.5 Å². The van der Waals surface area contributed by atoms with Gasteiger partial charge in [0.15, 0.2) is 11.0 Å². The van der Waals surface area contributed by atoms with E-state index in [0.717, 1.165) is 48.9 Å². The summed E-state index contributed by atoms with van der Waals surface area (Å²) in [6.07, 6.45) is 6.55. The smallest absolute Gasteiger partial charge is 0.230 e. The van der Waals surface area contributed by atoms with Gasteiger partial charge in [0, 0.05) is 31.0 Å². The quantitative estimate of drug-likeness (QED) is 0.564. The number of nitrogens with one attached hydrogen (secondary N) is 1. The van der Waals surface area contributed by atoms with E-state index >= 15 is 0 Å². The van der Waals surface area contributed by atoms with Gasteiger partial charge in [-0.3, -0.25) is 9.78 Å². The van der Waals surface area contributed by atoms with E-state index in [1.807, 2.05) is 12.1 Å². The lowest BCUT2D eigenvalue weighted by Gasteiger charge is -2.09. The maximum Gasteiger partial charge on any atom is 0.230 e. The first-order valence-electron chi connectivity index (χ1n) is 7.99. The van der Waals surface area contributed by atoms with Gasteiger partial charge in [-0.25, -0.2) is 0 Å². The predicted octanol–water partition coefficient (Wildman–Crippen LogP) is 2.76. The van der Waals surface area contributed by atoms with E-state index in [2.05, 4.69) is 38.9 Å². The number of aromatic nitrogens is 4. The molecule has 0 saturated carbocycles.